The van der Waals surface area contributed by atoms with Crippen LogP contribution in [0.2, 0.25) is 0 Å². The Labute approximate surface area is 122 Å². The number of rotatable bonds is 4. The lowest BCUT2D eigenvalue weighted by atomic mass is 9.99. The maximum absolute atomic E-state index is 13.0. The predicted octanol–water partition coefficient (Wildman–Crippen LogP) is 3.76. The van der Waals surface area contributed by atoms with Crippen LogP contribution >= 0.6 is 22.6 Å². The highest BCUT2D eigenvalue weighted by atomic mass is 127. The van der Waals surface area contributed by atoms with Crippen molar-refractivity contribution in [2.24, 2.45) is 0 Å². The minimum absolute atomic E-state index is 0.174. The molecule has 2 rings (SSSR count). The van der Waals surface area contributed by atoms with Crippen LogP contribution in [0.3, 0.4) is 0 Å². The molecule has 2 atom stereocenters. The van der Waals surface area contributed by atoms with Crippen molar-refractivity contribution in [2.75, 3.05) is 11.9 Å². The average molecular weight is 362 g/mol. The molecular weight excluding hydrogens is 342 g/mol. The molecule has 2 unspecified atom stereocenters. The Morgan fingerprint density at radius 2 is 2.33 bits per heavy atom. The van der Waals surface area contributed by atoms with Crippen LogP contribution in [-0.2, 0) is 0 Å². The highest BCUT2D eigenvalue weighted by Gasteiger charge is 2.16. The molecule has 100 valence electrons. The highest BCUT2D eigenvalue weighted by Crippen LogP contribution is 2.21. The molecule has 1 aliphatic heterocycles. The van der Waals surface area contributed by atoms with Crippen molar-refractivity contribution in [3.63, 3.8) is 0 Å². The Kier molecular flexibility index (Phi) is 5.24. The number of benzene rings is 1. The molecule has 0 radical (unpaired) electrons. The second-order valence-corrected chi connectivity index (χ2v) is 6.21. The van der Waals surface area contributed by atoms with Crippen LogP contribution in [0, 0.1) is 9.39 Å². The van der Waals surface area contributed by atoms with Crippen LogP contribution in [0.4, 0.5) is 10.1 Å². The maximum Gasteiger partial charge on any atom is 0.124 e. The minimum Gasteiger partial charge on any atom is -0.382 e. The second kappa shape index (κ2) is 6.70. The fourth-order valence-electron chi connectivity index (χ4n) is 2.48. The lowest BCUT2D eigenvalue weighted by Gasteiger charge is -2.27. The molecule has 18 heavy (non-hydrogen) atoms. The van der Waals surface area contributed by atoms with E-state index in [4.69, 9.17) is 0 Å². The third kappa shape index (κ3) is 4.09. The first kappa shape index (κ1) is 14.1. The highest BCUT2D eigenvalue weighted by molar-refractivity contribution is 14.1. The van der Waals surface area contributed by atoms with E-state index < -0.39 is 0 Å². The van der Waals surface area contributed by atoms with Crippen molar-refractivity contribution in [1.29, 1.82) is 0 Å². The zero-order valence-corrected chi connectivity index (χ0v) is 12.8. The standard InChI is InChI=1S/C14H20FIN2/c1-10(8-12-4-2-3-7-17-12)18-14-6-5-11(15)9-13(14)16/h5-6,9-10,12,17-18H,2-4,7-8H2,1H3. The van der Waals surface area contributed by atoms with Crippen LogP contribution in [0.1, 0.15) is 32.6 Å². The van der Waals surface area contributed by atoms with Gasteiger partial charge >= 0.3 is 0 Å². The van der Waals surface area contributed by atoms with E-state index in [0.717, 1.165) is 22.2 Å². The summed E-state index contributed by atoms with van der Waals surface area (Å²) in [5, 5.41) is 7.03. The van der Waals surface area contributed by atoms with Gasteiger partial charge in [0, 0.05) is 21.3 Å². The van der Waals surface area contributed by atoms with E-state index in [1.165, 1.54) is 25.3 Å². The summed E-state index contributed by atoms with van der Waals surface area (Å²) in [6.07, 6.45) is 5.02. The van der Waals surface area contributed by atoms with Gasteiger partial charge in [-0.1, -0.05) is 6.42 Å². The number of hydrogen-bond donors (Lipinski definition) is 2. The number of halogens is 2. The molecular formula is C14H20FIN2. The maximum atomic E-state index is 13.0. The van der Waals surface area contributed by atoms with E-state index in [-0.39, 0.29) is 5.82 Å². The molecule has 4 heteroatoms. The van der Waals surface area contributed by atoms with Crippen molar-refractivity contribution in [2.45, 2.75) is 44.7 Å². The van der Waals surface area contributed by atoms with Crippen molar-refractivity contribution in [3.8, 4) is 0 Å². The van der Waals surface area contributed by atoms with Gasteiger partial charge in [0.25, 0.3) is 0 Å². The molecule has 2 N–H and O–H groups in total. The molecule has 1 aromatic carbocycles. The van der Waals surface area contributed by atoms with E-state index in [9.17, 15) is 4.39 Å². The third-order valence-electron chi connectivity index (χ3n) is 3.38. The summed E-state index contributed by atoms with van der Waals surface area (Å²) in [6.45, 7) is 3.33. The monoisotopic (exact) mass is 362 g/mol. The Balaban J connectivity index is 1.87. The summed E-state index contributed by atoms with van der Waals surface area (Å²) in [5.74, 6) is -0.174. The molecule has 0 saturated carbocycles. The molecule has 0 spiro atoms. The lowest BCUT2D eigenvalue weighted by Crippen LogP contribution is -2.37. The van der Waals surface area contributed by atoms with Gasteiger partial charge in [0.05, 0.1) is 0 Å². The number of nitrogens with one attached hydrogen (secondary N) is 2. The van der Waals surface area contributed by atoms with E-state index in [1.54, 1.807) is 6.07 Å². The Morgan fingerprint density at radius 1 is 1.50 bits per heavy atom. The summed E-state index contributed by atoms with van der Waals surface area (Å²) in [7, 11) is 0. The normalized spacial score (nSPS) is 21.6. The van der Waals surface area contributed by atoms with Crippen molar-refractivity contribution >= 4 is 28.3 Å². The van der Waals surface area contributed by atoms with Crippen LogP contribution in [-0.4, -0.2) is 18.6 Å². The summed E-state index contributed by atoms with van der Waals surface area (Å²) in [4.78, 5) is 0. The van der Waals surface area contributed by atoms with Crippen LogP contribution in [0.5, 0.6) is 0 Å². The summed E-state index contributed by atoms with van der Waals surface area (Å²) >= 11 is 2.17. The Bertz CT molecular complexity index is 391. The van der Waals surface area contributed by atoms with Gasteiger partial charge in [-0.15, -0.1) is 0 Å². The van der Waals surface area contributed by atoms with E-state index in [1.807, 2.05) is 6.07 Å². The zero-order chi connectivity index (χ0) is 13.0. The first-order valence-corrected chi connectivity index (χ1v) is 7.68. The van der Waals surface area contributed by atoms with Gasteiger partial charge in [-0.3, -0.25) is 0 Å². The average Bonchev–Trinajstić information content (AvgIpc) is 2.34. The number of piperidine rings is 1. The topological polar surface area (TPSA) is 24.1 Å². The summed E-state index contributed by atoms with van der Waals surface area (Å²) in [6, 6.07) is 5.92. The lowest BCUT2D eigenvalue weighted by molar-refractivity contribution is 0.371. The van der Waals surface area contributed by atoms with Gasteiger partial charge in [-0.25, -0.2) is 4.39 Å². The van der Waals surface area contributed by atoms with Crippen LogP contribution in [0.15, 0.2) is 18.2 Å². The molecule has 1 heterocycles. The van der Waals surface area contributed by atoms with Gasteiger partial charge in [0.1, 0.15) is 5.82 Å². The molecule has 0 aromatic heterocycles. The van der Waals surface area contributed by atoms with E-state index in [2.05, 4.69) is 40.1 Å². The van der Waals surface area contributed by atoms with Gasteiger partial charge < -0.3 is 10.6 Å². The first-order chi connectivity index (χ1) is 8.65. The fraction of sp³-hybridized carbons (Fsp3) is 0.571. The van der Waals surface area contributed by atoms with Gasteiger partial charge in [0.2, 0.25) is 0 Å². The Hall–Kier alpha value is -0.360. The molecule has 0 aliphatic carbocycles. The predicted molar refractivity (Wildman–Crippen MR) is 82.5 cm³/mol. The molecule has 1 fully saturated rings. The zero-order valence-electron chi connectivity index (χ0n) is 10.7. The van der Waals surface area contributed by atoms with Gasteiger partial charge in [0.15, 0.2) is 0 Å². The summed E-state index contributed by atoms with van der Waals surface area (Å²) < 4.78 is 14.0. The molecule has 0 amide bonds. The molecule has 1 aliphatic rings. The first-order valence-electron chi connectivity index (χ1n) is 6.60. The van der Waals surface area contributed by atoms with E-state index in [0.29, 0.717) is 12.1 Å². The van der Waals surface area contributed by atoms with Crippen molar-refractivity contribution in [1.82, 2.24) is 5.32 Å². The quantitative estimate of drug-likeness (QED) is 0.797. The largest absolute Gasteiger partial charge is 0.382 e. The molecule has 1 aromatic rings. The minimum atomic E-state index is -0.174. The van der Waals surface area contributed by atoms with E-state index >= 15 is 0 Å². The second-order valence-electron chi connectivity index (χ2n) is 5.05. The smallest absolute Gasteiger partial charge is 0.124 e. The molecule has 2 nitrogen and oxygen atoms in total. The SMILES string of the molecule is CC(CC1CCCCN1)Nc1ccc(F)cc1I. The van der Waals surface area contributed by atoms with Crippen molar-refractivity contribution < 1.29 is 4.39 Å². The van der Waals surface area contributed by atoms with Crippen LogP contribution in [0.25, 0.3) is 0 Å². The number of hydrogen-bond acceptors (Lipinski definition) is 2. The summed E-state index contributed by atoms with van der Waals surface area (Å²) in [5.41, 5.74) is 1.03. The Morgan fingerprint density at radius 3 is 3.00 bits per heavy atom. The van der Waals surface area contributed by atoms with Crippen molar-refractivity contribution in [3.05, 3.63) is 27.6 Å². The molecule has 1 saturated heterocycles. The number of anilines is 1. The third-order valence-corrected chi connectivity index (χ3v) is 4.28. The van der Waals surface area contributed by atoms with Gasteiger partial charge in [-0.2, -0.15) is 0 Å². The van der Waals surface area contributed by atoms with Gasteiger partial charge in [-0.05, 0) is 73.5 Å². The fourth-order valence-corrected chi connectivity index (χ4v) is 3.12. The molecule has 0 bridgehead atoms. The van der Waals surface area contributed by atoms with Crippen LogP contribution < -0.4 is 10.6 Å².